The lowest BCUT2D eigenvalue weighted by Crippen LogP contribution is -2.42. The van der Waals surface area contributed by atoms with Crippen molar-refractivity contribution in [3.8, 4) is 11.6 Å². The van der Waals surface area contributed by atoms with Crippen molar-refractivity contribution in [3.63, 3.8) is 0 Å². The fourth-order valence-corrected chi connectivity index (χ4v) is 4.42. The Morgan fingerprint density at radius 1 is 1.18 bits per heavy atom. The summed E-state index contributed by atoms with van der Waals surface area (Å²) in [7, 11) is 1.61. The van der Waals surface area contributed by atoms with Gasteiger partial charge in [-0.2, -0.15) is 0 Å². The highest BCUT2D eigenvalue weighted by Crippen LogP contribution is 2.35. The second kappa shape index (κ2) is 11.3. The van der Waals surface area contributed by atoms with Gasteiger partial charge in [-0.05, 0) is 31.5 Å². The zero-order valence-electron chi connectivity index (χ0n) is 22.0. The van der Waals surface area contributed by atoms with Gasteiger partial charge >= 0.3 is 0 Å². The molecular formula is C27H30F2N8O2. The minimum Gasteiger partial charge on any atom is -0.435 e. The summed E-state index contributed by atoms with van der Waals surface area (Å²) in [6, 6.07) is 6.18. The second-order valence-electron chi connectivity index (χ2n) is 9.44. The molecule has 3 N–H and O–H groups in total. The number of rotatable bonds is 8. The average molecular weight is 537 g/mol. The van der Waals surface area contributed by atoms with Crippen molar-refractivity contribution in [2.45, 2.75) is 20.4 Å². The summed E-state index contributed by atoms with van der Waals surface area (Å²) in [4.78, 5) is 32.8. The number of aromatic nitrogens is 4. The lowest BCUT2D eigenvalue weighted by molar-refractivity contribution is 0.0799. The van der Waals surface area contributed by atoms with E-state index in [0.29, 0.717) is 18.1 Å². The molecule has 39 heavy (non-hydrogen) atoms. The molecule has 0 bridgehead atoms. The van der Waals surface area contributed by atoms with E-state index in [9.17, 15) is 9.18 Å². The molecule has 1 aromatic carbocycles. The Morgan fingerprint density at radius 2 is 1.97 bits per heavy atom. The SMILES string of the molecule is CCN(C)C(=O)c1c(Nc2ccc(CN3CCNCC3)cn2)ncnc1Oc1cc(F)c2[nH]c(C)cc2c1F. The summed E-state index contributed by atoms with van der Waals surface area (Å²) in [6.45, 7) is 8.56. The molecule has 1 saturated heterocycles. The number of amides is 1. The second-order valence-corrected chi connectivity index (χ2v) is 9.44. The molecule has 0 atom stereocenters. The summed E-state index contributed by atoms with van der Waals surface area (Å²) in [5.74, 6) is -1.93. The van der Waals surface area contributed by atoms with Crippen LogP contribution in [0.2, 0.25) is 0 Å². The Kier molecular flexibility index (Phi) is 7.66. The Bertz CT molecular complexity index is 1490. The van der Waals surface area contributed by atoms with Crippen LogP contribution in [-0.4, -0.2) is 75.4 Å². The Hall–Kier alpha value is -4.16. The van der Waals surface area contributed by atoms with E-state index in [-0.39, 0.29) is 28.2 Å². The zero-order chi connectivity index (χ0) is 27.5. The smallest absolute Gasteiger partial charge is 0.262 e. The molecule has 5 rings (SSSR count). The summed E-state index contributed by atoms with van der Waals surface area (Å²) in [5, 5.41) is 6.44. The van der Waals surface area contributed by atoms with Gasteiger partial charge in [0, 0.05) is 69.7 Å². The Morgan fingerprint density at radius 3 is 2.69 bits per heavy atom. The summed E-state index contributed by atoms with van der Waals surface area (Å²) in [6.07, 6.45) is 2.96. The van der Waals surface area contributed by atoms with Crippen LogP contribution in [0.5, 0.6) is 11.6 Å². The largest absolute Gasteiger partial charge is 0.435 e. The quantitative estimate of drug-likeness (QED) is 0.310. The van der Waals surface area contributed by atoms with Crippen molar-refractivity contribution >= 4 is 28.4 Å². The summed E-state index contributed by atoms with van der Waals surface area (Å²) in [5.41, 5.74) is 1.67. The molecule has 10 nitrogen and oxygen atoms in total. The summed E-state index contributed by atoms with van der Waals surface area (Å²) >= 11 is 0. The standard InChI is InChI=1S/C27H30F2N8O2/c1-4-36(3)27(38)22-25(35-21-6-5-17(13-31-21)14-37-9-7-30-8-10-37)32-15-33-26(22)39-20-12-19(28)24-18(23(20)29)11-16(2)34-24/h5-6,11-13,15,30,34H,4,7-10,14H2,1-3H3,(H,31,32,33,35). The first-order chi connectivity index (χ1) is 18.8. The van der Waals surface area contributed by atoms with E-state index < -0.39 is 23.3 Å². The van der Waals surface area contributed by atoms with Crippen molar-refractivity contribution in [2.75, 3.05) is 45.1 Å². The van der Waals surface area contributed by atoms with Gasteiger partial charge < -0.3 is 25.3 Å². The van der Waals surface area contributed by atoms with Crippen molar-refractivity contribution in [1.82, 2.24) is 35.1 Å². The predicted molar refractivity (Wildman–Crippen MR) is 143 cm³/mol. The monoisotopic (exact) mass is 536 g/mol. The number of hydrogen-bond donors (Lipinski definition) is 3. The van der Waals surface area contributed by atoms with Crippen LogP contribution in [-0.2, 0) is 6.54 Å². The van der Waals surface area contributed by atoms with E-state index >= 15 is 4.39 Å². The number of carbonyl (C=O) groups is 1. The van der Waals surface area contributed by atoms with Crippen molar-refractivity contribution < 1.29 is 18.3 Å². The molecule has 204 valence electrons. The number of aryl methyl sites for hydroxylation is 1. The zero-order valence-corrected chi connectivity index (χ0v) is 22.0. The van der Waals surface area contributed by atoms with E-state index in [1.807, 2.05) is 13.0 Å². The minimum absolute atomic E-state index is 0.0290. The molecule has 3 aromatic heterocycles. The van der Waals surface area contributed by atoms with Gasteiger partial charge in [0.15, 0.2) is 23.2 Å². The lowest BCUT2D eigenvalue weighted by Gasteiger charge is -2.27. The number of anilines is 2. The van der Waals surface area contributed by atoms with E-state index in [1.165, 1.54) is 17.3 Å². The van der Waals surface area contributed by atoms with Crippen LogP contribution in [0.15, 0.2) is 36.8 Å². The van der Waals surface area contributed by atoms with Gasteiger partial charge in [-0.15, -0.1) is 0 Å². The lowest BCUT2D eigenvalue weighted by atomic mass is 10.2. The van der Waals surface area contributed by atoms with Crippen LogP contribution in [0.1, 0.15) is 28.5 Å². The fraction of sp³-hybridized carbons (Fsp3) is 0.333. The van der Waals surface area contributed by atoms with Crippen molar-refractivity contribution in [3.05, 3.63) is 65.2 Å². The average Bonchev–Trinajstić information content (AvgIpc) is 3.35. The van der Waals surface area contributed by atoms with E-state index in [0.717, 1.165) is 44.4 Å². The molecule has 1 aliphatic rings. The Labute approximate surface area is 224 Å². The van der Waals surface area contributed by atoms with E-state index in [2.05, 4.69) is 35.5 Å². The molecule has 0 unspecified atom stereocenters. The number of nitrogens with one attached hydrogen (secondary N) is 3. The molecular weight excluding hydrogens is 506 g/mol. The number of pyridine rings is 1. The van der Waals surface area contributed by atoms with Crippen LogP contribution < -0.4 is 15.4 Å². The van der Waals surface area contributed by atoms with Crippen molar-refractivity contribution in [1.29, 1.82) is 0 Å². The molecule has 4 heterocycles. The van der Waals surface area contributed by atoms with E-state index in [4.69, 9.17) is 4.74 Å². The number of halogens is 2. The first kappa shape index (κ1) is 26.4. The first-order valence-electron chi connectivity index (χ1n) is 12.7. The third-order valence-electron chi connectivity index (χ3n) is 6.64. The van der Waals surface area contributed by atoms with Gasteiger partial charge in [0.05, 0.1) is 5.52 Å². The number of H-pyrrole nitrogens is 1. The van der Waals surface area contributed by atoms with Gasteiger partial charge in [0.1, 0.15) is 17.7 Å². The number of piperazine rings is 1. The normalized spacial score (nSPS) is 14.0. The fourth-order valence-electron chi connectivity index (χ4n) is 4.42. The van der Waals surface area contributed by atoms with Gasteiger partial charge in [-0.1, -0.05) is 6.07 Å². The number of nitrogens with zero attached hydrogens (tertiary/aromatic N) is 5. The Balaban J connectivity index is 1.45. The molecule has 1 amide bonds. The van der Waals surface area contributed by atoms with E-state index in [1.54, 1.807) is 26.2 Å². The highest BCUT2D eigenvalue weighted by atomic mass is 19.1. The molecule has 0 saturated carbocycles. The maximum atomic E-state index is 15.3. The number of hydrogen-bond acceptors (Lipinski definition) is 8. The minimum atomic E-state index is -0.771. The van der Waals surface area contributed by atoms with Crippen LogP contribution in [0.25, 0.3) is 10.9 Å². The number of aromatic amines is 1. The maximum Gasteiger partial charge on any atom is 0.262 e. The summed E-state index contributed by atoms with van der Waals surface area (Å²) < 4.78 is 35.7. The van der Waals surface area contributed by atoms with Crippen LogP contribution >= 0.6 is 0 Å². The number of benzene rings is 1. The van der Waals surface area contributed by atoms with Crippen LogP contribution in [0.3, 0.4) is 0 Å². The molecule has 1 aliphatic heterocycles. The maximum absolute atomic E-state index is 15.3. The van der Waals surface area contributed by atoms with Gasteiger partial charge in [0.2, 0.25) is 5.88 Å². The molecule has 12 heteroatoms. The van der Waals surface area contributed by atoms with Gasteiger partial charge in [-0.3, -0.25) is 9.69 Å². The number of carbonyl (C=O) groups excluding carboxylic acids is 1. The van der Waals surface area contributed by atoms with Gasteiger partial charge in [0.25, 0.3) is 5.91 Å². The van der Waals surface area contributed by atoms with Crippen molar-refractivity contribution in [2.24, 2.45) is 0 Å². The third kappa shape index (κ3) is 5.66. The van der Waals surface area contributed by atoms with Gasteiger partial charge in [-0.25, -0.2) is 23.7 Å². The predicted octanol–water partition coefficient (Wildman–Crippen LogP) is 3.97. The van der Waals surface area contributed by atoms with Crippen LogP contribution in [0, 0.1) is 18.6 Å². The third-order valence-corrected chi connectivity index (χ3v) is 6.64. The molecule has 0 spiro atoms. The molecule has 1 fully saturated rings. The molecule has 4 aromatic rings. The number of ether oxygens (including phenoxy) is 1. The first-order valence-corrected chi connectivity index (χ1v) is 12.7. The number of fused-ring (bicyclic) bond motifs is 1. The molecule has 0 radical (unpaired) electrons. The van der Waals surface area contributed by atoms with Crippen LogP contribution in [0.4, 0.5) is 20.4 Å². The highest BCUT2D eigenvalue weighted by molar-refractivity contribution is 6.01. The molecule has 0 aliphatic carbocycles. The topological polar surface area (TPSA) is 111 Å². The highest BCUT2D eigenvalue weighted by Gasteiger charge is 2.26.